The molecule has 1 aliphatic heterocycles. The van der Waals surface area contributed by atoms with Crippen molar-refractivity contribution >= 4 is 17.4 Å². The number of carbonyl (C=O) groups excluding carboxylic acids is 2. The van der Waals surface area contributed by atoms with Crippen molar-refractivity contribution in [2.75, 3.05) is 18.6 Å². The highest BCUT2D eigenvalue weighted by Gasteiger charge is 2.41. The largest absolute Gasteiger partial charge is 0.378 e. The summed E-state index contributed by atoms with van der Waals surface area (Å²) in [4.78, 5) is 26.2. The van der Waals surface area contributed by atoms with Crippen molar-refractivity contribution in [3.05, 3.63) is 29.8 Å². The number of Topliss-reactive ketones (excluding diaryl/α,β-unsaturated/α-hetero) is 1. The standard InChI is InChI=1S/C16H19NO3/c1-20-16(8-4-9-16)11-15(19)17-10-7-14(18)12-5-2-3-6-13(12)17/h2-3,5-6H,4,7-11H2,1H3. The predicted octanol–water partition coefficient (Wildman–Crippen LogP) is 2.57. The monoisotopic (exact) mass is 273 g/mol. The zero-order valence-electron chi connectivity index (χ0n) is 11.7. The van der Waals surface area contributed by atoms with Gasteiger partial charge in [0, 0.05) is 25.6 Å². The maximum atomic E-state index is 12.6. The molecular weight excluding hydrogens is 254 g/mol. The molecule has 0 radical (unpaired) electrons. The Hall–Kier alpha value is -1.68. The minimum absolute atomic E-state index is 0.0616. The van der Waals surface area contributed by atoms with Crippen LogP contribution in [0.2, 0.25) is 0 Å². The molecule has 1 fully saturated rings. The lowest BCUT2D eigenvalue weighted by molar-refractivity contribution is -0.131. The maximum Gasteiger partial charge on any atom is 0.229 e. The average molecular weight is 273 g/mol. The van der Waals surface area contributed by atoms with Crippen molar-refractivity contribution in [1.29, 1.82) is 0 Å². The molecule has 0 atom stereocenters. The predicted molar refractivity (Wildman–Crippen MR) is 76.0 cm³/mol. The van der Waals surface area contributed by atoms with E-state index in [4.69, 9.17) is 4.74 Å². The van der Waals surface area contributed by atoms with Crippen molar-refractivity contribution in [2.45, 2.75) is 37.7 Å². The molecule has 20 heavy (non-hydrogen) atoms. The highest BCUT2D eigenvalue weighted by Crippen LogP contribution is 2.39. The lowest BCUT2D eigenvalue weighted by Gasteiger charge is -2.41. The summed E-state index contributed by atoms with van der Waals surface area (Å²) in [5.74, 6) is 0.182. The van der Waals surface area contributed by atoms with Gasteiger partial charge in [-0.05, 0) is 31.4 Å². The van der Waals surface area contributed by atoms with Gasteiger partial charge in [0.25, 0.3) is 0 Å². The van der Waals surface area contributed by atoms with Crippen LogP contribution in [0.15, 0.2) is 24.3 Å². The van der Waals surface area contributed by atoms with Gasteiger partial charge in [-0.25, -0.2) is 0 Å². The first-order valence-electron chi connectivity index (χ1n) is 7.13. The van der Waals surface area contributed by atoms with Gasteiger partial charge in [-0.1, -0.05) is 12.1 Å². The van der Waals surface area contributed by atoms with Crippen LogP contribution in [0.4, 0.5) is 5.69 Å². The van der Waals surface area contributed by atoms with Crippen molar-refractivity contribution in [3.8, 4) is 0 Å². The summed E-state index contributed by atoms with van der Waals surface area (Å²) in [6.07, 6.45) is 3.83. The average Bonchev–Trinajstić information content (AvgIpc) is 2.43. The summed E-state index contributed by atoms with van der Waals surface area (Å²) in [6, 6.07) is 7.36. The number of anilines is 1. The van der Waals surface area contributed by atoms with Crippen LogP contribution in [0.5, 0.6) is 0 Å². The number of hydrogen-bond donors (Lipinski definition) is 0. The molecular formula is C16H19NO3. The summed E-state index contributed by atoms with van der Waals surface area (Å²) in [6.45, 7) is 0.481. The number of ketones is 1. The van der Waals surface area contributed by atoms with E-state index < -0.39 is 0 Å². The number of benzene rings is 1. The van der Waals surface area contributed by atoms with Crippen LogP contribution >= 0.6 is 0 Å². The summed E-state index contributed by atoms with van der Waals surface area (Å²) >= 11 is 0. The van der Waals surface area contributed by atoms with E-state index in [-0.39, 0.29) is 17.3 Å². The third-order valence-electron chi connectivity index (χ3n) is 4.53. The second-order valence-electron chi connectivity index (χ2n) is 5.65. The molecule has 0 saturated heterocycles. The Labute approximate surface area is 118 Å². The van der Waals surface area contributed by atoms with E-state index in [9.17, 15) is 9.59 Å². The Morgan fingerprint density at radius 2 is 2.10 bits per heavy atom. The van der Waals surface area contributed by atoms with Crippen LogP contribution in [0, 0.1) is 0 Å². The summed E-state index contributed by atoms with van der Waals surface area (Å²) in [5.41, 5.74) is 1.14. The van der Waals surface area contributed by atoms with Crippen LogP contribution in [0.3, 0.4) is 0 Å². The van der Waals surface area contributed by atoms with E-state index in [0.29, 0.717) is 24.9 Å². The van der Waals surface area contributed by atoms with Crippen LogP contribution in [-0.2, 0) is 9.53 Å². The third-order valence-corrected chi connectivity index (χ3v) is 4.53. The molecule has 106 valence electrons. The summed E-state index contributed by atoms with van der Waals surface area (Å²) in [7, 11) is 1.68. The van der Waals surface area contributed by atoms with Crippen molar-refractivity contribution in [1.82, 2.24) is 0 Å². The van der Waals surface area contributed by atoms with Crippen molar-refractivity contribution < 1.29 is 14.3 Å². The van der Waals surface area contributed by atoms with Gasteiger partial charge in [0.2, 0.25) is 5.91 Å². The van der Waals surface area contributed by atoms with E-state index >= 15 is 0 Å². The summed E-state index contributed by atoms with van der Waals surface area (Å²) in [5, 5.41) is 0. The molecule has 4 nitrogen and oxygen atoms in total. The zero-order valence-corrected chi connectivity index (χ0v) is 11.7. The molecule has 0 spiro atoms. The van der Waals surface area contributed by atoms with Crippen LogP contribution in [0.25, 0.3) is 0 Å². The quantitative estimate of drug-likeness (QED) is 0.850. The van der Waals surface area contributed by atoms with E-state index in [1.54, 1.807) is 18.1 Å². The number of fused-ring (bicyclic) bond motifs is 1. The minimum Gasteiger partial charge on any atom is -0.378 e. The first-order valence-corrected chi connectivity index (χ1v) is 7.13. The molecule has 2 aliphatic rings. The lowest BCUT2D eigenvalue weighted by atomic mass is 9.77. The van der Waals surface area contributed by atoms with E-state index in [1.807, 2.05) is 18.2 Å². The number of para-hydroxylation sites is 1. The molecule has 1 aromatic carbocycles. The maximum absolute atomic E-state index is 12.6. The van der Waals surface area contributed by atoms with E-state index in [2.05, 4.69) is 0 Å². The van der Waals surface area contributed by atoms with Gasteiger partial charge in [-0.2, -0.15) is 0 Å². The molecule has 0 N–H and O–H groups in total. The van der Waals surface area contributed by atoms with Gasteiger partial charge < -0.3 is 9.64 Å². The van der Waals surface area contributed by atoms with Crippen molar-refractivity contribution in [2.24, 2.45) is 0 Å². The number of hydrogen-bond acceptors (Lipinski definition) is 3. The number of ether oxygens (including phenoxy) is 1. The number of rotatable bonds is 3. The van der Waals surface area contributed by atoms with Crippen LogP contribution in [0.1, 0.15) is 42.5 Å². The first kappa shape index (κ1) is 13.3. The van der Waals surface area contributed by atoms with Crippen molar-refractivity contribution in [3.63, 3.8) is 0 Å². The number of amides is 1. The molecule has 0 aromatic heterocycles. The molecule has 0 bridgehead atoms. The smallest absolute Gasteiger partial charge is 0.229 e. The number of nitrogens with zero attached hydrogens (tertiary/aromatic N) is 1. The van der Waals surface area contributed by atoms with Gasteiger partial charge >= 0.3 is 0 Å². The highest BCUT2D eigenvalue weighted by molar-refractivity contribution is 6.08. The highest BCUT2D eigenvalue weighted by atomic mass is 16.5. The Balaban J connectivity index is 1.82. The number of carbonyl (C=O) groups is 2. The molecule has 3 rings (SSSR count). The van der Waals surface area contributed by atoms with Gasteiger partial charge in [-0.3, -0.25) is 9.59 Å². The second kappa shape index (κ2) is 5.02. The van der Waals surface area contributed by atoms with Gasteiger partial charge in [0.1, 0.15) is 0 Å². The Morgan fingerprint density at radius 1 is 1.35 bits per heavy atom. The third kappa shape index (κ3) is 2.14. The topological polar surface area (TPSA) is 46.6 Å². The fourth-order valence-electron chi connectivity index (χ4n) is 3.07. The Bertz CT molecular complexity index is 543. The second-order valence-corrected chi connectivity index (χ2v) is 5.65. The summed E-state index contributed by atoms with van der Waals surface area (Å²) < 4.78 is 5.53. The molecule has 4 heteroatoms. The van der Waals surface area contributed by atoms with Gasteiger partial charge in [-0.15, -0.1) is 0 Å². The SMILES string of the molecule is COC1(CC(=O)N2CCC(=O)c3ccccc32)CCC1. The lowest BCUT2D eigenvalue weighted by Crippen LogP contribution is -2.46. The molecule has 1 aliphatic carbocycles. The van der Waals surface area contributed by atoms with Gasteiger partial charge in [0.15, 0.2) is 5.78 Å². The van der Waals surface area contributed by atoms with E-state index in [0.717, 1.165) is 24.9 Å². The molecule has 0 unspecified atom stereocenters. The number of methoxy groups -OCH3 is 1. The normalized spacial score (nSPS) is 20.2. The molecule has 1 saturated carbocycles. The zero-order chi connectivity index (χ0) is 14.2. The fraction of sp³-hybridized carbons (Fsp3) is 0.500. The van der Waals surface area contributed by atoms with Gasteiger partial charge in [0.05, 0.1) is 17.7 Å². The first-order chi connectivity index (χ1) is 9.65. The molecule has 1 heterocycles. The van der Waals surface area contributed by atoms with E-state index in [1.165, 1.54) is 0 Å². The minimum atomic E-state index is -0.270. The van der Waals surface area contributed by atoms with Crippen LogP contribution < -0.4 is 4.90 Å². The fourth-order valence-corrected chi connectivity index (χ4v) is 3.07. The van der Waals surface area contributed by atoms with Crippen LogP contribution in [-0.4, -0.2) is 30.9 Å². The Kier molecular flexibility index (Phi) is 3.34. The molecule has 1 amide bonds. The molecule has 1 aromatic rings. The Morgan fingerprint density at radius 3 is 2.75 bits per heavy atom.